The number of likely N-dealkylation sites (tertiary alicyclic amines) is 3. The van der Waals surface area contributed by atoms with Gasteiger partial charge < -0.3 is 59.7 Å². The van der Waals surface area contributed by atoms with Gasteiger partial charge in [0.05, 0.1) is 13.2 Å². The Morgan fingerprint density at radius 2 is 0.567 bits per heavy atom. The van der Waals surface area contributed by atoms with Crippen LogP contribution in [0.2, 0.25) is 0 Å². The lowest BCUT2D eigenvalue weighted by Crippen LogP contribution is -2.40. The minimum Gasteiger partial charge on any atom is -0.449 e. The molecule has 12 heterocycles. The molecule has 6 saturated carbocycles. The normalized spacial score (nSPS) is 33.5. The molecule has 12 saturated heterocycles. The fraction of sp³-hybridized carbons (Fsp3) is 0.627. The molecule has 0 spiro atoms. The molecular formula is C102H138F2N12O4. The highest BCUT2D eigenvalue weighted by Crippen LogP contribution is 2.63. The van der Waals surface area contributed by atoms with Crippen LogP contribution in [0.15, 0.2) is 146 Å². The molecule has 18 aliphatic rings. The van der Waals surface area contributed by atoms with Gasteiger partial charge in [-0.05, 0) is 310 Å². The number of hydrogen-bond donors (Lipinski definition) is 3. The summed E-state index contributed by atoms with van der Waals surface area (Å²) in [5, 5.41) is 10.5. The van der Waals surface area contributed by atoms with E-state index in [9.17, 15) is 18.4 Å². The smallest absolute Gasteiger partial charge is 0.414 e. The van der Waals surface area contributed by atoms with Crippen molar-refractivity contribution in [3.8, 4) is 0 Å². The number of nitrogens with one attached hydrogen (secondary N) is 3. The van der Waals surface area contributed by atoms with E-state index in [1.807, 2.05) is 0 Å². The number of piperidine rings is 10. The van der Waals surface area contributed by atoms with Crippen molar-refractivity contribution in [2.24, 2.45) is 35.5 Å². The van der Waals surface area contributed by atoms with E-state index in [4.69, 9.17) is 9.47 Å². The van der Waals surface area contributed by atoms with Gasteiger partial charge in [0, 0.05) is 191 Å². The minimum atomic E-state index is -0.968. The molecule has 6 aromatic carbocycles. The number of nitrogens with zero attached hydrogens (tertiary/aromatic N) is 9. The van der Waals surface area contributed by atoms with Crippen molar-refractivity contribution < 1.29 is 27.8 Å². The maximum atomic E-state index is 13.9. The molecule has 16 nitrogen and oxygen atoms in total. The van der Waals surface area contributed by atoms with Crippen LogP contribution in [0.1, 0.15) is 184 Å². The van der Waals surface area contributed by atoms with E-state index in [0.717, 1.165) is 125 Å². The summed E-state index contributed by atoms with van der Waals surface area (Å²) in [6, 6.07) is 54.4. The Morgan fingerprint density at radius 3 is 0.800 bits per heavy atom. The molecule has 18 fully saturated rings. The number of amides is 2. The third-order valence-corrected chi connectivity index (χ3v) is 33.2. The van der Waals surface area contributed by atoms with Crippen LogP contribution in [-0.2, 0) is 42.0 Å². The molecule has 18 heteroatoms. The molecule has 24 rings (SSSR count). The fourth-order valence-electron chi connectivity index (χ4n) is 24.5. The Kier molecular flexibility index (Phi) is 23.1. The van der Waals surface area contributed by atoms with Gasteiger partial charge in [0.15, 0.2) is 0 Å². The number of cyclic esters (lactones) is 2. The molecule has 0 aromatic heterocycles. The first kappa shape index (κ1) is 82.3. The summed E-state index contributed by atoms with van der Waals surface area (Å²) in [4.78, 5) is 44.4. The molecular weight excluding hydrogens is 1500 g/mol. The zero-order valence-corrected chi connectivity index (χ0v) is 73.1. The molecule has 6 aliphatic carbocycles. The number of likely N-dealkylation sites (N-methyl/N-ethyl adjacent to an activating group) is 3. The highest BCUT2D eigenvalue weighted by atomic mass is 19.1. The van der Waals surface area contributed by atoms with E-state index in [1.165, 1.54) is 220 Å². The number of halogens is 2. The van der Waals surface area contributed by atoms with Crippen molar-refractivity contribution in [3.05, 3.63) is 179 Å². The van der Waals surface area contributed by atoms with Crippen LogP contribution in [0.25, 0.3) is 0 Å². The van der Waals surface area contributed by atoms with E-state index >= 15 is 0 Å². The average Bonchev–Trinajstić information content (AvgIpc) is 1.57. The van der Waals surface area contributed by atoms with Gasteiger partial charge in [-0.2, -0.15) is 0 Å². The van der Waals surface area contributed by atoms with Gasteiger partial charge in [-0.3, -0.25) is 9.80 Å². The van der Waals surface area contributed by atoms with Gasteiger partial charge in [0.1, 0.15) is 11.3 Å². The number of alkyl halides is 2. The SMILES string of the molecule is CC1(F)CCN(c2ccc(C34CNCC3C4)cc2)CC1.CCN1CC2CC2(c2ccc(N3CCC(C)(F)CC3)cc2)C1.CCN1CC2CC2(c2ccc(N3CCCCC3)cc2)C1.CCN1CC2CC2(c2ccc(N3CCCOC3=O)cc2)C1.O=C1OCCCN1c1ccc(C23CNCC2C3)cc1.c1cc(C23CNCC2C3)ccc1N1CCCCC1. The second-order valence-electron chi connectivity index (χ2n) is 40.6. The van der Waals surface area contributed by atoms with Crippen LogP contribution in [0.3, 0.4) is 0 Å². The first-order chi connectivity index (χ1) is 58.3. The van der Waals surface area contributed by atoms with Gasteiger partial charge in [0.2, 0.25) is 0 Å². The first-order valence-electron chi connectivity index (χ1n) is 47.5. The van der Waals surface area contributed by atoms with Gasteiger partial charge in [0.25, 0.3) is 0 Å². The molecule has 644 valence electrons. The second kappa shape index (κ2) is 33.6. The van der Waals surface area contributed by atoms with Crippen LogP contribution >= 0.6 is 0 Å². The second-order valence-corrected chi connectivity index (χ2v) is 40.6. The zero-order chi connectivity index (χ0) is 82.1. The van der Waals surface area contributed by atoms with Gasteiger partial charge in [-0.15, -0.1) is 0 Å². The maximum absolute atomic E-state index is 13.9. The van der Waals surface area contributed by atoms with Crippen molar-refractivity contribution in [1.82, 2.24) is 30.7 Å². The molecule has 12 aliphatic heterocycles. The van der Waals surface area contributed by atoms with Crippen molar-refractivity contribution in [2.75, 3.05) is 206 Å². The molecule has 12 unspecified atom stereocenters. The van der Waals surface area contributed by atoms with E-state index in [1.54, 1.807) is 34.8 Å². The quantitative estimate of drug-likeness (QED) is 0.0905. The average molecular weight is 1630 g/mol. The van der Waals surface area contributed by atoms with Crippen molar-refractivity contribution >= 4 is 46.3 Å². The Balaban J connectivity index is 0.0000000953. The third-order valence-electron chi connectivity index (χ3n) is 33.2. The van der Waals surface area contributed by atoms with Gasteiger partial charge in [-0.25, -0.2) is 18.4 Å². The molecule has 0 radical (unpaired) electrons. The summed E-state index contributed by atoms with van der Waals surface area (Å²) in [5.74, 6) is 5.24. The lowest BCUT2D eigenvalue weighted by molar-refractivity contribution is 0.139. The summed E-state index contributed by atoms with van der Waals surface area (Å²) in [6.45, 7) is 39.3. The van der Waals surface area contributed by atoms with Crippen molar-refractivity contribution in [3.63, 3.8) is 0 Å². The van der Waals surface area contributed by atoms with Crippen LogP contribution in [-0.4, -0.2) is 215 Å². The maximum Gasteiger partial charge on any atom is 0.414 e. The van der Waals surface area contributed by atoms with Crippen LogP contribution in [0.4, 0.5) is 52.5 Å². The number of anilines is 6. The number of hydrogen-bond acceptors (Lipinski definition) is 14. The molecule has 12 atom stereocenters. The Morgan fingerprint density at radius 1 is 0.317 bits per heavy atom. The van der Waals surface area contributed by atoms with Crippen molar-refractivity contribution in [1.29, 1.82) is 0 Å². The molecule has 0 bridgehead atoms. The monoisotopic (exact) mass is 1630 g/mol. The summed E-state index contributed by atoms with van der Waals surface area (Å²) < 4.78 is 38.0. The number of rotatable bonds is 15. The zero-order valence-electron chi connectivity index (χ0n) is 73.1. The number of benzene rings is 6. The topological polar surface area (TPSA) is 118 Å². The van der Waals surface area contributed by atoms with Crippen LogP contribution < -0.4 is 45.3 Å². The number of carbonyl (C=O) groups excluding carboxylic acids is 2. The van der Waals surface area contributed by atoms with Crippen molar-refractivity contribution in [2.45, 2.75) is 194 Å². The predicted octanol–water partition coefficient (Wildman–Crippen LogP) is 16.8. The summed E-state index contributed by atoms with van der Waals surface area (Å²) in [5.41, 5.74) is 17.1. The third kappa shape index (κ3) is 16.7. The number of carbonyl (C=O) groups is 2. The predicted molar refractivity (Wildman–Crippen MR) is 483 cm³/mol. The van der Waals surface area contributed by atoms with Crippen LogP contribution in [0.5, 0.6) is 0 Å². The standard InChI is InChI=1S/C19H27FN2.C18H26N2.C17H23FN2.C17H22N2O2.C16H22N2.C15H18N2O2/c1-3-21-13-16-12-19(16,14-21)15-4-6-17(7-5-15)22-10-8-18(2,20)9-11-22;1-2-19-13-16-12-18(16,14-19)15-6-8-17(9-7-15)20-10-4-3-5-11-20;1-16(18)6-8-20(9-7-16)15-4-2-13(3-5-15)17-10-14(17)11-19-12-17;1-2-18-11-14-10-17(14,12-18)13-4-6-15(7-5-13)19-8-3-9-21-16(19)20;1-2-8-18(9-3-1)15-6-4-13(5-7-15)16-10-14(16)11-17-12-16;18-14-17(6-1-7-19-14)13-4-2-11(3-5-13)15-8-12(15)9-16-10-15/h4-7,16H,3,8-14H2,1-2H3;6-9,16H,2-5,10-14H2,1H3;2-5,14,19H,6-12H2,1H3;4-7,14H,2-3,8-12H2,1H3;4-7,14,17H,1-3,8-12H2;2-5,12,16H,1,6-10H2. The lowest BCUT2D eigenvalue weighted by Gasteiger charge is -2.35. The number of fused-ring (bicyclic) bond motifs is 6. The van der Waals surface area contributed by atoms with E-state index in [-0.39, 0.29) is 12.2 Å². The Hall–Kier alpha value is -7.32. The first-order valence-corrected chi connectivity index (χ1v) is 47.5. The fourth-order valence-corrected chi connectivity index (χ4v) is 24.5. The molecule has 3 N–H and O–H groups in total. The Bertz CT molecular complexity index is 4500. The van der Waals surface area contributed by atoms with E-state index in [2.05, 4.69) is 217 Å². The molecule has 2 amide bonds. The lowest BCUT2D eigenvalue weighted by atomic mass is 9.93. The summed E-state index contributed by atoms with van der Waals surface area (Å²) >= 11 is 0. The molecule has 6 aromatic rings. The minimum absolute atomic E-state index is 0.213. The Labute approximate surface area is 715 Å². The van der Waals surface area contributed by atoms with Gasteiger partial charge in [-0.1, -0.05) is 93.6 Å². The summed E-state index contributed by atoms with van der Waals surface area (Å²) in [7, 11) is 0. The summed E-state index contributed by atoms with van der Waals surface area (Å²) in [6.07, 6.45) is 20.4. The molecule has 120 heavy (non-hydrogen) atoms. The van der Waals surface area contributed by atoms with Gasteiger partial charge >= 0.3 is 12.2 Å². The highest BCUT2D eigenvalue weighted by Gasteiger charge is 2.64. The number of ether oxygens (including phenoxy) is 2. The van der Waals surface area contributed by atoms with Crippen LogP contribution in [0, 0.1) is 35.5 Å². The van der Waals surface area contributed by atoms with E-state index < -0.39 is 11.3 Å². The highest BCUT2D eigenvalue weighted by molar-refractivity contribution is 5.89. The van der Waals surface area contributed by atoms with E-state index in [0.29, 0.717) is 71.4 Å². The largest absolute Gasteiger partial charge is 0.449 e.